The fourth-order valence-electron chi connectivity index (χ4n) is 2.34. The van der Waals surface area contributed by atoms with E-state index in [1.54, 1.807) is 0 Å². The topological polar surface area (TPSA) is 52.6 Å². The van der Waals surface area contributed by atoms with Gasteiger partial charge >= 0.3 is 11.9 Å². The molecule has 0 amide bonds. The van der Waals surface area contributed by atoms with Gasteiger partial charge in [-0.2, -0.15) is 0 Å². The van der Waals surface area contributed by atoms with Gasteiger partial charge in [0, 0.05) is 0 Å². The Bertz CT molecular complexity index is 565. The van der Waals surface area contributed by atoms with E-state index in [4.69, 9.17) is 0 Å². The normalized spacial score (nSPS) is 10.2. The summed E-state index contributed by atoms with van der Waals surface area (Å²) < 4.78 is 0. The molecule has 24 heavy (non-hydrogen) atoms. The lowest BCUT2D eigenvalue weighted by molar-refractivity contribution is -0.259. The summed E-state index contributed by atoms with van der Waals surface area (Å²) in [6, 6.07) is 19.8. The fraction of sp³-hybridized carbons (Fsp3) is 0.300. The van der Waals surface area contributed by atoms with Gasteiger partial charge in [-0.3, -0.25) is 0 Å². The second-order valence-corrected chi connectivity index (χ2v) is 5.59. The zero-order valence-electron chi connectivity index (χ0n) is 13.6. The summed E-state index contributed by atoms with van der Waals surface area (Å²) in [6.45, 7) is 0. The molecule has 4 nitrogen and oxygen atoms in total. The van der Waals surface area contributed by atoms with Crippen LogP contribution in [0.5, 0.6) is 0 Å². The molecule has 0 heterocycles. The molecule has 0 N–H and O–H groups in total. The Kier molecular flexibility index (Phi) is 7.54. The molecule has 2 rings (SSSR count). The number of carbonyl (C=O) groups is 2. The van der Waals surface area contributed by atoms with Crippen LogP contribution in [0.15, 0.2) is 60.7 Å². The van der Waals surface area contributed by atoms with E-state index >= 15 is 0 Å². The Morgan fingerprint density at radius 1 is 0.625 bits per heavy atom. The minimum atomic E-state index is -0.512. The molecule has 0 radical (unpaired) electrons. The molecule has 0 saturated carbocycles. The van der Waals surface area contributed by atoms with E-state index in [1.807, 2.05) is 60.7 Å². The Balaban J connectivity index is 1.53. The van der Waals surface area contributed by atoms with E-state index in [9.17, 15) is 9.59 Å². The summed E-state index contributed by atoms with van der Waals surface area (Å²) in [5.74, 6) is -1.02. The van der Waals surface area contributed by atoms with E-state index in [0.717, 1.165) is 12.8 Å². The zero-order valence-corrected chi connectivity index (χ0v) is 13.6. The van der Waals surface area contributed by atoms with Gasteiger partial charge in [-0.05, 0) is 36.8 Å². The van der Waals surface area contributed by atoms with E-state index in [1.165, 1.54) is 11.1 Å². The molecule has 126 valence electrons. The number of hydrogen-bond acceptors (Lipinski definition) is 4. The van der Waals surface area contributed by atoms with Crippen molar-refractivity contribution in [2.45, 2.75) is 38.5 Å². The van der Waals surface area contributed by atoms with Crippen LogP contribution in [0.4, 0.5) is 0 Å². The summed E-state index contributed by atoms with van der Waals surface area (Å²) in [5, 5.41) is 0. The molecule has 0 aliphatic heterocycles. The molecule has 0 unspecified atom stereocenters. The van der Waals surface area contributed by atoms with Gasteiger partial charge in [0.2, 0.25) is 0 Å². The van der Waals surface area contributed by atoms with Crippen LogP contribution < -0.4 is 0 Å². The summed E-state index contributed by atoms with van der Waals surface area (Å²) in [5.41, 5.74) is 2.34. The fourth-order valence-corrected chi connectivity index (χ4v) is 2.34. The van der Waals surface area contributed by atoms with Crippen LogP contribution in [-0.2, 0) is 32.2 Å². The molecule has 0 aliphatic rings. The van der Waals surface area contributed by atoms with Gasteiger partial charge in [0.1, 0.15) is 0 Å². The molecule has 0 saturated heterocycles. The van der Waals surface area contributed by atoms with Crippen molar-refractivity contribution in [3.8, 4) is 0 Å². The molecular formula is C20H22O4. The second-order valence-electron chi connectivity index (χ2n) is 5.59. The van der Waals surface area contributed by atoms with Crippen LogP contribution in [0.2, 0.25) is 0 Å². The standard InChI is InChI=1S/C20H22O4/c21-19(15-7-13-17-9-3-1-4-10-17)23-24-20(22)16-8-14-18-11-5-2-6-12-18/h1-6,9-12H,7-8,13-16H2. The van der Waals surface area contributed by atoms with Crippen molar-refractivity contribution in [1.82, 2.24) is 0 Å². The highest BCUT2D eigenvalue weighted by Crippen LogP contribution is 2.07. The third-order valence-electron chi connectivity index (χ3n) is 3.61. The van der Waals surface area contributed by atoms with Gasteiger partial charge in [-0.25, -0.2) is 19.4 Å². The van der Waals surface area contributed by atoms with E-state index < -0.39 is 11.9 Å². The second kappa shape index (κ2) is 10.2. The van der Waals surface area contributed by atoms with Crippen molar-refractivity contribution in [1.29, 1.82) is 0 Å². The van der Waals surface area contributed by atoms with Gasteiger partial charge < -0.3 is 0 Å². The summed E-state index contributed by atoms with van der Waals surface area (Å²) in [6.07, 6.45) is 3.36. The van der Waals surface area contributed by atoms with Crippen molar-refractivity contribution in [2.24, 2.45) is 0 Å². The number of rotatable bonds is 8. The maximum absolute atomic E-state index is 11.5. The first-order chi connectivity index (χ1) is 11.7. The number of carbonyl (C=O) groups excluding carboxylic acids is 2. The highest BCUT2D eigenvalue weighted by Gasteiger charge is 2.09. The van der Waals surface area contributed by atoms with Gasteiger partial charge in [-0.15, -0.1) is 0 Å². The Labute approximate surface area is 142 Å². The van der Waals surface area contributed by atoms with Gasteiger partial charge in [0.25, 0.3) is 0 Å². The first-order valence-corrected chi connectivity index (χ1v) is 8.22. The van der Waals surface area contributed by atoms with Crippen molar-refractivity contribution in [3.05, 3.63) is 71.8 Å². The predicted molar refractivity (Wildman–Crippen MR) is 90.9 cm³/mol. The van der Waals surface area contributed by atoms with Crippen LogP contribution in [0.1, 0.15) is 36.8 Å². The molecule has 2 aromatic carbocycles. The summed E-state index contributed by atoms with van der Waals surface area (Å²) in [4.78, 5) is 32.2. The molecule has 4 heteroatoms. The first-order valence-electron chi connectivity index (χ1n) is 8.22. The molecule has 0 bridgehead atoms. The monoisotopic (exact) mass is 326 g/mol. The third-order valence-corrected chi connectivity index (χ3v) is 3.61. The van der Waals surface area contributed by atoms with Crippen LogP contribution in [-0.4, -0.2) is 11.9 Å². The molecular weight excluding hydrogens is 304 g/mol. The molecule has 0 spiro atoms. The predicted octanol–water partition coefficient (Wildman–Crippen LogP) is 4.03. The highest BCUT2D eigenvalue weighted by atomic mass is 17.2. The van der Waals surface area contributed by atoms with Crippen LogP contribution in [0.25, 0.3) is 0 Å². The minimum Gasteiger partial charge on any atom is -0.247 e. The van der Waals surface area contributed by atoms with Crippen molar-refractivity contribution >= 4 is 11.9 Å². The minimum absolute atomic E-state index is 0.228. The molecule has 2 aromatic rings. The summed E-state index contributed by atoms with van der Waals surface area (Å²) in [7, 11) is 0. The van der Waals surface area contributed by atoms with Crippen molar-refractivity contribution < 1.29 is 19.4 Å². The van der Waals surface area contributed by atoms with Crippen LogP contribution in [0.3, 0.4) is 0 Å². The largest absolute Gasteiger partial charge is 0.355 e. The molecule has 0 fully saturated rings. The third kappa shape index (κ3) is 7.09. The van der Waals surface area contributed by atoms with E-state index in [-0.39, 0.29) is 12.8 Å². The lowest BCUT2D eigenvalue weighted by Gasteiger charge is -2.04. The van der Waals surface area contributed by atoms with E-state index in [0.29, 0.717) is 12.8 Å². The van der Waals surface area contributed by atoms with Gasteiger partial charge in [0.15, 0.2) is 0 Å². The van der Waals surface area contributed by atoms with Crippen LogP contribution in [0, 0.1) is 0 Å². The Morgan fingerprint density at radius 3 is 1.38 bits per heavy atom. The maximum Gasteiger partial charge on any atom is 0.355 e. The van der Waals surface area contributed by atoms with Crippen LogP contribution >= 0.6 is 0 Å². The molecule has 0 aliphatic carbocycles. The lowest BCUT2D eigenvalue weighted by Crippen LogP contribution is -2.11. The van der Waals surface area contributed by atoms with E-state index in [2.05, 4.69) is 9.78 Å². The lowest BCUT2D eigenvalue weighted by atomic mass is 10.1. The summed E-state index contributed by atoms with van der Waals surface area (Å²) >= 11 is 0. The number of hydrogen-bond donors (Lipinski definition) is 0. The Morgan fingerprint density at radius 2 is 1.00 bits per heavy atom. The van der Waals surface area contributed by atoms with Gasteiger partial charge in [-0.1, -0.05) is 60.7 Å². The van der Waals surface area contributed by atoms with Crippen molar-refractivity contribution in [2.75, 3.05) is 0 Å². The van der Waals surface area contributed by atoms with Gasteiger partial charge in [0.05, 0.1) is 12.8 Å². The number of benzene rings is 2. The first kappa shape index (κ1) is 17.7. The van der Waals surface area contributed by atoms with Crippen molar-refractivity contribution in [3.63, 3.8) is 0 Å². The SMILES string of the molecule is O=C(CCCc1ccccc1)OOC(=O)CCCc1ccccc1. The maximum atomic E-state index is 11.5. The molecule has 0 aromatic heterocycles. The molecule has 0 atom stereocenters. The highest BCUT2D eigenvalue weighted by molar-refractivity contribution is 5.72. The quantitative estimate of drug-likeness (QED) is 0.543. The average molecular weight is 326 g/mol. The Hall–Kier alpha value is -2.62. The zero-order chi connectivity index (χ0) is 17.0. The number of aryl methyl sites for hydroxylation is 2. The average Bonchev–Trinajstić information content (AvgIpc) is 2.62. The smallest absolute Gasteiger partial charge is 0.247 e.